The fraction of sp³-hybridized carbons (Fsp3) is 0.455. The molecule has 1 heterocycles. The Labute approximate surface area is 207 Å². The molecule has 31 heavy (non-hydrogen) atoms. The number of hydrogen-bond acceptors (Lipinski definition) is 5. The van der Waals surface area contributed by atoms with Crippen LogP contribution in [-0.2, 0) is 17.9 Å². The van der Waals surface area contributed by atoms with Gasteiger partial charge in [-0.15, -0.1) is 24.8 Å². The Morgan fingerprint density at radius 3 is 2.42 bits per heavy atom. The highest BCUT2D eigenvalue weighted by Gasteiger charge is 2.11. The summed E-state index contributed by atoms with van der Waals surface area (Å²) in [6.45, 7) is 6.94. The van der Waals surface area contributed by atoms with E-state index in [1.165, 1.54) is 0 Å². The first-order valence-electron chi connectivity index (χ1n) is 9.91. The number of ether oxygens (including phenoxy) is 3. The molecule has 9 heteroatoms. The van der Waals surface area contributed by atoms with Crippen molar-refractivity contribution in [2.24, 2.45) is 0 Å². The molecule has 1 saturated heterocycles. The van der Waals surface area contributed by atoms with E-state index in [0.29, 0.717) is 21.5 Å². The first-order valence-corrected chi connectivity index (χ1v) is 10.7. The molecule has 1 aliphatic rings. The first kappa shape index (κ1) is 28.1. The van der Waals surface area contributed by atoms with Crippen molar-refractivity contribution in [3.8, 4) is 11.5 Å². The van der Waals surface area contributed by atoms with Gasteiger partial charge in [0.2, 0.25) is 0 Å². The van der Waals surface area contributed by atoms with E-state index < -0.39 is 0 Å². The number of rotatable bonds is 10. The van der Waals surface area contributed by atoms with Gasteiger partial charge in [-0.2, -0.15) is 0 Å². The molecule has 0 aliphatic carbocycles. The fourth-order valence-corrected chi connectivity index (χ4v) is 3.75. The summed E-state index contributed by atoms with van der Waals surface area (Å²) >= 11 is 12.4. The molecule has 1 N–H and O–H groups in total. The van der Waals surface area contributed by atoms with Crippen LogP contribution in [-0.4, -0.2) is 51.4 Å². The quantitative estimate of drug-likeness (QED) is 0.442. The SMILES string of the molecule is COc1cc(CNCCCN2CCOCC2)ccc1OCc1c(Cl)cccc1Cl.Cl.Cl. The van der Waals surface area contributed by atoms with Crippen molar-refractivity contribution < 1.29 is 14.2 Å². The van der Waals surface area contributed by atoms with Crippen LogP contribution in [0.25, 0.3) is 0 Å². The van der Waals surface area contributed by atoms with Gasteiger partial charge >= 0.3 is 0 Å². The van der Waals surface area contributed by atoms with Gasteiger partial charge in [0.05, 0.1) is 20.3 Å². The first-order chi connectivity index (χ1) is 14.2. The van der Waals surface area contributed by atoms with E-state index in [2.05, 4.69) is 10.2 Å². The van der Waals surface area contributed by atoms with Crippen LogP contribution in [0.2, 0.25) is 10.0 Å². The Bertz CT molecular complexity index is 769. The van der Waals surface area contributed by atoms with Gasteiger partial charge in [0.1, 0.15) is 6.61 Å². The summed E-state index contributed by atoms with van der Waals surface area (Å²) in [4.78, 5) is 2.45. The van der Waals surface area contributed by atoms with Crippen LogP contribution in [0.15, 0.2) is 36.4 Å². The Kier molecular flexibility index (Phi) is 13.6. The van der Waals surface area contributed by atoms with Crippen LogP contribution in [0.1, 0.15) is 17.5 Å². The monoisotopic (exact) mass is 510 g/mol. The van der Waals surface area contributed by atoms with Crippen molar-refractivity contribution >= 4 is 48.0 Å². The summed E-state index contributed by atoms with van der Waals surface area (Å²) in [5, 5.41) is 4.68. The number of nitrogens with one attached hydrogen (secondary N) is 1. The second-order valence-electron chi connectivity index (χ2n) is 6.96. The van der Waals surface area contributed by atoms with Crippen LogP contribution in [0.3, 0.4) is 0 Å². The molecule has 2 aromatic carbocycles. The maximum absolute atomic E-state index is 6.21. The third-order valence-electron chi connectivity index (χ3n) is 4.92. The van der Waals surface area contributed by atoms with E-state index in [9.17, 15) is 0 Å². The lowest BCUT2D eigenvalue weighted by Gasteiger charge is -2.26. The van der Waals surface area contributed by atoms with Gasteiger partial charge in [0.25, 0.3) is 0 Å². The van der Waals surface area contributed by atoms with E-state index in [1.807, 2.05) is 24.3 Å². The molecule has 174 valence electrons. The van der Waals surface area contributed by atoms with E-state index in [-0.39, 0.29) is 31.4 Å². The standard InChI is InChI=1S/C22H28Cl2N2O3.2ClH/c1-27-22-14-17(15-25-8-3-9-26-10-12-28-13-11-26)6-7-21(22)29-16-18-19(23)4-2-5-20(18)24;;/h2,4-7,14,25H,3,8-13,15-16H2,1H3;2*1H. The molecule has 1 fully saturated rings. The van der Waals surface area contributed by atoms with Gasteiger partial charge in [-0.05, 0) is 49.3 Å². The van der Waals surface area contributed by atoms with Crippen molar-refractivity contribution in [1.29, 1.82) is 0 Å². The third-order valence-corrected chi connectivity index (χ3v) is 5.63. The van der Waals surface area contributed by atoms with Gasteiger partial charge in [-0.3, -0.25) is 4.90 Å². The maximum Gasteiger partial charge on any atom is 0.161 e. The smallest absolute Gasteiger partial charge is 0.161 e. The largest absolute Gasteiger partial charge is 0.493 e. The normalized spacial score (nSPS) is 13.8. The molecular weight excluding hydrogens is 482 g/mol. The van der Waals surface area contributed by atoms with Crippen molar-refractivity contribution in [3.63, 3.8) is 0 Å². The highest BCUT2D eigenvalue weighted by Crippen LogP contribution is 2.31. The highest BCUT2D eigenvalue weighted by atomic mass is 35.5. The van der Waals surface area contributed by atoms with Gasteiger partial charge in [0, 0.05) is 35.2 Å². The van der Waals surface area contributed by atoms with E-state index in [0.717, 1.165) is 63.5 Å². The highest BCUT2D eigenvalue weighted by molar-refractivity contribution is 6.35. The topological polar surface area (TPSA) is 43.0 Å². The molecule has 2 aromatic rings. The number of hydrogen-bond donors (Lipinski definition) is 1. The summed E-state index contributed by atoms with van der Waals surface area (Å²) in [6, 6.07) is 11.4. The van der Waals surface area contributed by atoms with Gasteiger partial charge in [-0.25, -0.2) is 0 Å². The molecule has 0 aromatic heterocycles. The van der Waals surface area contributed by atoms with Crippen LogP contribution in [0.5, 0.6) is 11.5 Å². The predicted octanol–water partition coefficient (Wildman–Crippen LogP) is 5.24. The van der Waals surface area contributed by atoms with Crippen molar-refractivity contribution in [2.75, 3.05) is 46.5 Å². The molecular formula is C22H30Cl4N2O3. The lowest BCUT2D eigenvalue weighted by atomic mass is 10.2. The zero-order valence-corrected chi connectivity index (χ0v) is 20.7. The molecule has 5 nitrogen and oxygen atoms in total. The van der Waals surface area contributed by atoms with E-state index in [1.54, 1.807) is 19.2 Å². The summed E-state index contributed by atoms with van der Waals surface area (Å²) in [7, 11) is 1.64. The lowest BCUT2D eigenvalue weighted by Crippen LogP contribution is -2.37. The Hall–Kier alpha value is -0.920. The van der Waals surface area contributed by atoms with Gasteiger partial charge in [0.15, 0.2) is 11.5 Å². The molecule has 0 amide bonds. The fourth-order valence-electron chi connectivity index (χ4n) is 3.25. The summed E-state index contributed by atoms with van der Waals surface area (Å²) in [5.74, 6) is 1.36. The van der Waals surface area contributed by atoms with Crippen molar-refractivity contribution in [3.05, 3.63) is 57.6 Å². The third kappa shape index (κ3) is 8.85. The Morgan fingerprint density at radius 1 is 1.03 bits per heavy atom. The maximum atomic E-state index is 6.21. The van der Waals surface area contributed by atoms with Crippen LogP contribution in [0.4, 0.5) is 0 Å². The zero-order valence-electron chi connectivity index (χ0n) is 17.6. The van der Waals surface area contributed by atoms with Crippen molar-refractivity contribution in [1.82, 2.24) is 10.2 Å². The Balaban J connectivity index is 0.00000240. The number of halogens is 4. The molecule has 0 unspecified atom stereocenters. The number of nitrogens with zero attached hydrogens (tertiary/aromatic N) is 1. The van der Waals surface area contributed by atoms with Gasteiger partial charge in [-0.1, -0.05) is 35.3 Å². The number of methoxy groups -OCH3 is 1. The molecule has 0 bridgehead atoms. The summed E-state index contributed by atoms with van der Waals surface area (Å²) < 4.78 is 16.8. The predicted molar refractivity (Wildman–Crippen MR) is 132 cm³/mol. The lowest BCUT2D eigenvalue weighted by molar-refractivity contribution is 0.0374. The zero-order chi connectivity index (χ0) is 20.5. The minimum atomic E-state index is 0. The summed E-state index contributed by atoms with van der Waals surface area (Å²) in [6.07, 6.45) is 1.12. The molecule has 0 spiro atoms. The second kappa shape index (κ2) is 15.0. The van der Waals surface area contributed by atoms with E-state index in [4.69, 9.17) is 37.4 Å². The number of benzene rings is 2. The molecule has 0 atom stereocenters. The number of morpholine rings is 1. The van der Waals surface area contributed by atoms with Crippen LogP contribution < -0.4 is 14.8 Å². The molecule has 3 rings (SSSR count). The van der Waals surface area contributed by atoms with Crippen LogP contribution in [0, 0.1) is 0 Å². The van der Waals surface area contributed by atoms with Crippen molar-refractivity contribution in [2.45, 2.75) is 19.6 Å². The minimum Gasteiger partial charge on any atom is -0.493 e. The molecule has 1 aliphatic heterocycles. The average molecular weight is 512 g/mol. The minimum absolute atomic E-state index is 0. The van der Waals surface area contributed by atoms with Gasteiger partial charge < -0.3 is 19.5 Å². The molecule has 0 saturated carbocycles. The molecule has 0 radical (unpaired) electrons. The summed E-state index contributed by atoms with van der Waals surface area (Å²) in [5.41, 5.74) is 1.92. The second-order valence-corrected chi connectivity index (χ2v) is 7.77. The van der Waals surface area contributed by atoms with Crippen LogP contribution >= 0.6 is 48.0 Å². The van der Waals surface area contributed by atoms with E-state index >= 15 is 0 Å². The Morgan fingerprint density at radius 2 is 1.74 bits per heavy atom. The average Bonchev–Trinajstić information content (AvgIpc) is 2.74.